The summed E-state index contributed by atoms with van der Waals surface area (Å²) in [5.74, 6) is -1.33. The molecule has 0 radical (unpaired) electrons. The molecule has 0 spiro atoms. The van der Waals surface area contributed by atoms with Gasteiger partial charge in [0.05, 0.1) is 17.7 Å². The Morgan fingerprint density at radius 3 is 2.71 bits per heavy atom. The van der Waals surface area contributed by atoms with Crippen molar-refractivity contribution in [3.63, 3.8) is 0 Å². The lowest BCUT2D eigenvalue weighted by atomic mass is 10.0. The molecule has 6 nitrogen and oxygen atoms in total. The lowest BCUT2D eigenvalue weighted by Gasteiger charge is -2.25. The van der Waals surface area contributed by atoms with Gasteiger partial charge in [-0.25, -0.2) is 4.39 Å². The van der Waals surface area contributed by atoms with E-state index in [1.54, 1.807) is 0 Å². The van der Waals surface area contributed by atoms with Crippen LogP contribution in [0.3, 0.4) is 0 Å². The summed E-state index contributed by atoms with van der Waals surface area (Å²) in [6, 6.07) is 9.55. The van der Waals surface area contributed by atoms with Gasteiger partial charge in [0.15, 0.2) is 0 Å². The Morgan fingerprint density at radius 1 is 1.21 bits per heavy atom. The van der Waals surface area contributed by atoms with Crippen molar-refractivity contribution in [2.75, 3.05) is 32.6 Å². The number of likely N-dealkylation sites (N-methyl/N-ethyl adjacent to an activating group) is 1. The Bertz CT molecular complexity index is 904. The molecule has 148 valence electrons. The number of halogens is 2. The molecular weight excluding hydrogens is 385 g/mol. The lowest BCUT2D eigenvalue weighted by Crippen LogP contribution is -2.40. The first-order chi connectivity index (χ1) is 13.3. The predicted octanol–water partition coefficient (Wildman–Crippen LogP) is 2.77. The second kappa shape index (κ2) is 8.58. The van der Waals surface area contributed by atoms with E-state index in [-0.39, 0.29) is 23.3 Å². The number of hydrogen-bond acceptors (Lipinski definition) is 4. The van der Waals surface area contributed by atoms with Gasteiger partial charge >= 0.3 is 11.8 Å². The van der Waals surface area contributed by atoms with Crippen LogP contribution in [0.1, 0.15) is 17.2 Å². The molecule has 1 atom stereocenters. The van der Waals surface area contributed by atoms with Gasteiger partial charge in [-0.15, -0.1) is 0 Å². The third-order valence-electron chi connectivity index (χ3n) is 4.56. The van der Waals surface area contributed by atoms with Gasteiger partial charge in [-0.2, -0.15) is 0 Å². The number of amides is 2. The summed E-state index contributed by atoms with van der Waals surface area (Å²) in [5.41, 5.74) is 2.41. The topological polar surface area (TPSA) is 70.7 Å². The van der Waals surface area contributed by atoms with Gasteiger partial charge in [-0.1, -0.05) is 23.7 Å². The van der Waals surface area contributed by atoms with E-state index < -0.39 is 17.6 Å². The molecule has 2 amide bonds. The van der Waals surface area contributed by atoms with Crippen LogP contribution in [-0.4, -0.2) is 44.0 Å². The van der Waals surface area contributed by atoms with Gasteiger partial charge in [0, 0.05) is 18.7 Å². The fourth-order valence-electron chi connectivity index (χ4n) is 3.04. The van der Waals surface area contributed by atoms with Crippen LogP contribution in [0, 0.1) is 5.82 Å². The van der Waals surface area contributed by atoms with Crippen molar-refractivity contribution >= 4 is 29.1 Å². The van der Waals surface area contributed by atoms with Gasteiger partial charge in [0.2, 0.25) is 0 Å². The van der Waals surface area contributed by atoms with Crippen LogP contribution in [0.2, 0.25) is 5.02 Å². The standard InChI is InChI=1S/C20H21ClFN3O3/c1-25(2)17(12-3-6-18-13(9-12)7-8-28-18)11-23-19(26)20(27)24-14-4-5-16(22)15(21)10-14/h3-6,9-10,17H,7-8,11H2,1-2H3,(H,23,26)(H,24,27)/t17-/m0/s1. The number of nitrogens with zero attached hydrogens (tertiary/aromatic N) is 1. The predicted molar refractivity (Wildman–Crippen MR) is 105 cm³/mol. The maximum atomic E-state index is 13.2. The summed E-state index contributed by atoms with van der Waals surface area (Å²) in [4.78, 5) is 26.2. The van der Waals surface area contributed by atoms with Crippen LogP contribution in [0.4, 0.5) is 10.1 Å². The number of fused-ring (bicyclic) bond motifs is 1. The summed E-state index contributed by atoms with van der Waals surface area (Å²) < 4.78 is 18.7. The minimum absolute atomic E-state index is 0.108. The highest BCUT2D eigenvalue weighted by Crippen LogP contribution is 2.29. The molecule has 0 bridgehead atoms. The van der Waals surface area contributed by atoms with E-state index in [1.165, 1.54) is 12.1 Å². The van der Waals surface area contributed by atoms with Gasteiger partial charge < -0.3 is 20.3 Å². The van der Waals surface area contributed by atoms with Gasteiger partial charge in [0.1, 0.15) is 11.6 Å². The second-order valence-corrected chi connectivity index (χ2v) is 7.15. The smallest absolute Gasteiger partial charge is 0.313 e. The van der Waals surface area contributed by atoms with Crippen molar-refractivity contribution in [1.82, 2.24) is 10.2 Å². The highest BCUT2D eigenvalue weighted by Gasteiger charge is 2.21. The fraction of sp³-hybridized carbons (Fsp3) is 0.300. The Labute approximate surface area is 167 Å². The first kappa shape index (κ1) is 20.1. The van der Waals surface area contributed by atoms with E-state index in [0.717, 1.165) is 29.4 Å². The van der Waals surface area contributed by atoms with E-state index in [2.05, 4.69) is 16.7 Å². The number of carbonyl (C=O) groups excluding carboxylic acids is 2. The molecule has 0 fully saturated rings. The molecule has 0 saturated carbocycles. The molecule has 1 heterocycles. The molecule has 28 heavy (non-hydrogen) atoms. The Morgan fingerprint density at radius 2 is 2.00 bits per heavy atom. The highest BCUT2D eigenvalue weighted by atomic mass is 35.5. The number of benzene rings is 2. The Balaban J connectivity index is 1.62. The first-order valence-electron chi connectivity index (χ1n) is 8.81. The molecule has 3 rings (SSSR count). The minimum atomic E-state index is -0.845. The van der Waals surface area contributed by atoms with E-state index in [0.29, 0.717) is 6.61 Å². The van der Waals surface area contributed by atoms with Crippen LogP contribution < -0.4 is 15.4 Å². The maximum Gasteiger partial charge on any atom is 0.313 e. The normalized spacial score (nSPS) is 13.6. The largest absolute Gasteiger partial charge is 0.493 e. The van der Waals surface area contributed by atoms with Crippen molar-refractivity contribution in [1.29, 1.82) is 0 Å². The summed E-state index contributed by atoms with van der Waals surface area (Å²) in [6.45, 7) is 0.929. The van der Waals surface area contributed by atoms with Crippen LogP contribution in [0.15, 0.2) is 36.4 Å². The Hall–Kier alpha value is -2.64. The van der Waals surface area contributed by atoms with Gasteiger partial charge in [-0.3, -0.25) is 9.59 Å². The quantitative estimate of drug-likeness (QED) is 0.750. The number of nitrogens with one attached hydrogen (secondary N) is 2. The molecule has 0 aromatic heterocycles. The van der Waals surface area contributed by atoms with Gasteiger partial charge in [-0.05, 0) is 49.5 Å². The molecule has 2 aromatic rings. The SMILES string of the molecule is CN(C)[C@@H](CNC(=O)C(=O)Nc1ccc(F)c(Cl)c1)c1ccc2c(c1)CCO2. The zero-order valence-electron chi connectivity index (χ0n) is 15.6. The van der Waals surface area contributed by atoms with Crippen molar-refractivity contribution in [2.24, 2.45) is 0 Å². The van der Waals surface area contributed by atoms with Crippen molar-refractivity contribution < 1.29 is 18.7 Å². The molecule has 2 aromatic carbocycles. The monoisotopic (exact) mass is 405 g/mol. The van der Waals surface area contributed by atoms with Crippen molar-refractivity contribution in [3.8, 4) is 5.75 Å². The van der Waals surface area contributed by atoms with Crippen LogP contribution in [-0.2, 0) is 16.0 Å². The van der Waals surface area contributed by atoms with Crippen molar-refractivity contribution in [3.05, 3.63) is 58.4 Å². The number of ether oxygens (including phenoxy) is 1. The number of hydrogen-bond donors (Lipinski definition) is 2. The molecule has 0 aliphatic carbocycles. The highest BCUT2D eigenvalue weighted by molar-refractivity contribution is 6.39. The third kappa shape index (κ3) is 4.61. The Kier molecular flexibility index (Phi) is 6.16. The second-order valence-electron chi connectivity index (χ2n) is 6.74. The van der Waals surface area contributed by atoms with Crippen molar-refractivity contribution in [2.45, 2.75) is 12.5 Å². The van der Waals surface area contributed by atoms with Crippen LogP contribution in [0.25, 0.3) is 0 Å². The van der Waals surface area contributed by atoms with Crippen LogP contribution >= 0.6 is 11.6 Å². The van der Waals surface area contributed by atoms with E-state index in [4.69, 9.17) is 16.3 Å². The van der Waals surface area contributed by atoms with E-state index in [1.807, 2.05) is 31.1 Å². The van der Waals surface area contributed by atoms with Gasteiger partial charge in [0.25, 0.3) is 0 Å². The lowest BCUT2D eigenvalue weighted by molar-refractivity contribution is -0.136. The summed E-state index contributed by atoms with van der Waals surface area (Å²) in [6.07, 6.45) is 0.859. The van der Waals surface area contributed by atoms with Crippen LogP contribution in [0.5, 0.6) is 5.75 Å². The molecule has 0 saturated heterocycles. The summed E-state index contributed by atoms with van der Waals surface area (Å²) in [7, 11) is 3.81. The molecular formula is C20H21ClFN3O3. The molecule has 1 aliphatic rings. The summed E-state index contributed by atoms with van der Waals surface area (Å²) >= 11 is 5.68. The fourth-order valence-corrected chi connectivity index (χ4v) is 3.22. The molecule has 2 N–H and O–H groups in total. The van der Waals surface area contributed by atoms with E-state index in [9.17, 15) is 14.0 Å². The molecule has 0 unspecified atom stereocenters. The zero-order valence-corrected chi connectivity index (χ0v) is 16.3. The average molecular weight is 406 g/mol. The number of rotatable bonds is 5. The van der Waals surface area contributed by atoms with E-state index >= 15 is 0 Å². The first-order valence-corrected chi connectivity index (χ1v) is 9.19. The minimum Gasteiger partial charge on any atom is -0.493 e. The molecule has 1 aliphatic heterocycles. The zero-order chi connectivity index (χ0) is 20.3. The number of carbonyl (C=O) groups is 2. The summed E-state index contributed by atoms with van der Waals surface area (Å²) in [5, 5.41) is 4.92. The molecule has 8 heteroatoms. The maximum absolute atomic E-state index is 13.2. The third-order valence-corrected chi connectivity index (χ3v) is 4.85. The average Bonchev–Trinajstić information content (AvgIpc) is 3.12. The number of anilines is 1.